The molecular weight excluding hydrogens is 217 g/mol. The third-order valence-corrected chi connectivity index (χ3v) is 3.40. The Labute approximate surface area is 102 Å². The second-order valence-electron chi connectivity index (χ2n) is 4.84. The van der Waals surface area contributed by atoms with Crippen LogP contribution in [0.25, 0.3) is 0 Å². The molecule has 0 amide bonds. The molecule has 1 aliphatic carbocycles. The quantitative estimate of drug-likeness (QED) is 0.771. The molecule has 2 atom stereocenters. The van der Waals surface area contributed by atoms with Crippen molar-refractivity contribution in [2.45, 2.75) is 44.8 Å². The minimum absolute atomic E-state index is 0.0734. The summed E-state index contributed by atoms with van der Waals surface area (Å²) in [4.78, 5) is 0. The van der Waals surface area contributed by atoms with E-state index in [-0.39, 0.29) is 18.0 Å². The molecule has 0 fully saturated rings. The minimum Gasteiger partial charge on any atom is -0.393 e. The molecule has 2 rings (SSSR count). The minimum atomic E-state index is -0.231. The second-order valence-corrected chi connectivity index (χ2v) is 4.84. The van der Waals surface area contributed by atoms with Crippen LogP contribution in [0.15, 0.2) is 18.2 Å². The number of fused-ring (bicyclic) bond motifs is 1. The first-order valence-electron chi connectivity index (χ1n) is 6.37. The molecule has 0 aliphatic heterocycles. The molecular formula is C14H20FNO. The lowest BCUT2D eigenvalue weighted by Gasteiger charge is -2.14. The van der Waals surface area contributed by atoms with Gasteiger partial charge in [0.05, 0.1) is 6.10 Å². The first-order valence-corrected chi connectivity index (χ1v) is 6.37. The molecule has 1 aromatic carbocycles. The van der Waals surface area contributed by atoms with Gasteiger partial charge in [-0.1, -0.05) is 12.1 Å². The molecule has 0 spiro atoms. The third kappa shape index (κ3) is 3.05. The van der Waals surface area contributed by atoms with E-state index in [0.717, 1.165) is 43.4 Å². The number of nitrogens with one attached hydrogen (secondary N) is 1. The highest BCUT2D eigenvalue weighted by molar-refractivity contribution is 5.35. The van der Waals surface area contributed by atoms with Crippen LogP contribution >= 0.6 is 0 Å². The topological polar surface area (TPSA) is 32.3 Å². The van der Waals surface area contributed by atoms with E-state index in [2.05, 4.69) is 5.32 Å². The van der Waals surface area contributed by atoms with Gasteiger partial charge in [0.1, 0.15) is 5.82 Å². The second kappa shape index (κ2) is 5.61. The normalized spacial score (nSPS) is 20.3. The van der Waals surface area contributed by atoms with Gasteiger partial charge < -0.3 is 10.4 Å². The van der Waals surface area contributed by atoms with Crippen LogP contribution in [0.1, 0.15) is 43.4 Å². The highest BCUT2D eigenvalue weighted by Gasteiger charge is 2.23. The van der Waals surface area contributed by atoms with Crippen LogP contribution in [0, 0.1) is 5.82 Å². The van der Waals surface area contributed by atoms with E-state index < -0.39 is 0 Å². The summed E-state index contributed by atoms with van der Waals surface area (Å²) < 4.78 is 13.5. The number of benzene rings is 1. The van der Waals surface area contributed by atoms with Gasteiger partial charge >= 0.3 is 0 Å². The van der Waals surface area contributed by atoms with Crippen LogP contribution in [0.2, 0.25) is 0 Å². The van der Waals surface area contributed by atoms with E-state index in [9.17, 15) is 4.39 Å². The van der Waals surface area contributed by atoms with Crippen molar-refractivity contribution >= 4 is 0 Å². The molecule has 0 aromatic heterocycles. The van der Waals surface area contributed by atoms with Crippen LogP contribution in [0.5, 0.6) is 0 Å². The zero-order valence-corrected chi connectivity index (χ0v) is 10.2. The molecule has 2 unspecified atom stereocenters. The Bertz CT molecular complexity index is 378. The molecule has 3 heteroatoms. The van der Waals surface area contributed by atoms with Crippen molar-refractivity contribution in [3.63, 3.8) is 0 Å². The van der Waals surface area contributed by atoms with Crippen molar-refractivity contribution in [1.82, 2.24) is 5.32 Å². The average Bonchev–Trinajstić information content (AvgIpc) is 2.69. The van der Waals surface area contributed by atoms with E-state index >= 15 is 0 Å². The molecule has 2 nitrogen and oxygen atoms in total. The van der Waals surface area contributed by atoms with Crippen molar-refractivity contribution in [1.29, 1.82) is 0 Å². The van der Waals surface area contributed by atoms with E-state index in [4.69, 9.17) is 5.11 Å². The van der Waals surface area contributed by atoms with Crippen LogP contribution < -0.4 is 5.32 Å². The van der Waals surface area contributed by atoms with E-state index in [0.29, 0.717) is 0 Å². The predicted octanol–water partition coefficient (Wildman–Crippen LogP) is 2.56. The van der Waals surface area contributed by atoms with Gasteiger partial charge in [0.25, 0.3) is 0 Å². The Kier molecular flexibility index (Phi) is 4.13. The fourth-order valence-corrected chi connectivity index (χ4v) is 2.50. The molecule has 2 N–H and O–H groups in total. The van der Waals surface area contributed by atoms with Gasteiger partial charge in [-0.15, -0.1) is 0 Å². The molecule has 1 aliphatic rings. The maximum Gasteiger partial charge on any atom is 0.126 e. The number of hydrogen-bond donors (Lipinski definition) is 2. The van der Waals surface area contributed by atoms with Crippen LogP contribution in [0.4, 0.5) is 4.39 Å². The Morgan fingerprint density at radius 1 is 1.53 bits per heavy atom. The van der Waals surface area contributed by atoms with Crippen LogP contribution in [-0.4, -0.2) is 17.8 Å². The van der Waals surface area contributed by atoms with E-state index in [1.54, 1.807) is 13.0 Å². The molecule has 0 saturated heterocycles. The number of rotatable bonds is 5. The number of aliphatic hydroxyl groups is 1. The lowest BCUT2D eigenvalue weighted by Crippen LogP contribution is -2.21. The summed E-state index contributed by atoms with van der Waals surface area (Å²) in [6, 6.07) is 5.62. The summed E-state index contributed by atoms with van der Waals surface area (Å²) in [5.74, 6) is -0.0734. The number of hydrogen-bond acceptors (Lipinski definition) is 2. The smallest absolute Gasteiger partial charge is 0.126 e. The van der Waals surface area contributed by atoms with Gasteiger partial charge in [0.2, 0.25) is 0 Å². The van der Waals surface area contributed by atoms with Crippen molar-refractivity contribution < 1.29 is 9.50 Å². The fraction of sp³-hybridized carbons (Fsp3) is 0.571. The molecule has 0 bridgehead atoms. The van der Waals surface area contributed by atoms with E-state index in [1.165, 1.54) is 6.07 Å². The maximum atomic E-state index is 13.5. The first kappa shape index (κ1) is 12.5. The predicted molar refractivity (Wildman–Crippen MR) is 66.4 cm³/mol. The first-order chi connectivity index (χ1) is 8.18. The van der Waals surface area contributed by atoms with Gasteiger partial charge in [-0.05, 0) is 56.3 Å². The maximum absolute atomic E-state index is 13.5. The summed E-state index contributed by atoms with van der Waals surface area (Å²) in [5, 5.41) is 12.6. The zero-order valence-electron chi connectivity index (χ0n) is 10.2. The Hall–Kier alpha value is -0.930. The van der Waals surface area contributed by atoms with Gasteiger partial charge in [-0.3, -0.25) is 0 Å². The lowest BCUT2D eigenvalue weighted by molar-refractivity contribution is 0.181. The van der Waals surface area contributed by atoms with Crippen molar-refractivity contribution in [2.24, 2.45) is 0 Å². The van der Waals surface area contributed by atoms with Gasteiger partial charge in [-0.2, -0.15) is 0 Å². The Balaban J connectivity index is 1.87. The largest absolute Gasteiger partial charge is 0.393 e. The fourth-order valence-electron chi connectivity index (χ4n) is 2.50. The summed E-state index contributed by atoms with van der Waals surface area (Å²) in [6.07, 6.45) is 3.35. The van der Waals surface area contributed by atoms with Crippen molar-refractivity contribution in [3.8, 4) is 0 Å². The van der Waals surface area contributed by atoms with Crippen molar-refractivity contribution in [3.05, 3.63) is 35.1 Å². The van der Waals surface area contributed by atoms with Gasteiger partial charge in [0.15, 0.2) is 0 Å². The zero-order chi connectivity index (χ0) is 12.3. The molecule has 94 valence electrons. The highest BCUT2D eigenvalue weighted by atomic mass is 19.1. The average molecular weight is 237 g/mol. The Morgan fingerprint density at radius 2 is 2.35 bits per heavy atom. The molecule has 17 heavy (non-hydrogen) atoms. The molecule has 1 aromatic rings. The molecule has 0 radical (unpaired) electrons. The van der Waals surface area contributed by atoms with Crippen molar-refractivity contribution in [2.75, 3.05) is 6.54 Å². The number of aliphatic hydroxyl groups excluding tert-OH is 1. The summed E-state index contributed by atoms with van der Waals surface area (Å²) in [5.41, 5.74) is 1.99. The summed E-state index contributed by atoms with van der Waals surface area (Å²) in [6.45, 7) is 2.69. The summed E-state index contributed by atoms with van der Waals surface area (Å²) in [7, 11) is 0. The van der Waals surface area contributed by atoms with Gasteiger partial charge in [-0.25, -0.2) is 4.39 Å². The Morgan fingerprint density at radius 3 is 3.12 bits per heavy atom. The van der Waals surface area contributed by atoms with Gasteiger partial charge in [0, 0.05) is 6.04 Å². The lowest BCUT2D eigenvalue weighted by atomic mass is 10.1. The third-order valence-electron chi connectivity index (χ3n) is 3.40. The number of halogens is 1. The standard InChI is InChI=1S/C14H20FNO/c1-10(17)4-3-9-16-14-8-7-11-12(14)5-2-6-13(11)15/h2,5-6,10,14,16-17H,3-4,7-9H2,1H3. The monoisotopic (exact) mass is 237 g/mol. The van der Waals surface area contributed by atoms with Crippen LogP contribution in [-0.2, 0) is 6.42 Å². The SMILES string of the molecule is CC(O)CCCNC1CCc2c(F)cccc21. The van der Waals surface area contributed by atoms with Crippen LogP contribution in [0.3, 0.4) is 0 Å². The summed E-state index contributed by atoms with van der Waals surface area (Å²) >= 11 is 0. The highest BCUT2D eigenvalue weighted by Crippen LogP contribution is 2.32. The molecule has 0 saturated carbocycles. The molecule has 0 heterocycles. The van der Waals surface area contributed by atoms with E-state index in [1.807, 2.05) is 6.07 Å².